The molecular formula is C13H15N3O2S. The highest BCUT2D eigenvalue weighted by Crippen LogP contribution is 2.25. The summed E-state index contributed by atoms with van der Waals surface area (Å²) >= 11 is 1.50. The Hall–Kier alpha value is -2.08. The molecule has 0 aliphatic carbocycles. The first-order valence-electron chi connectivity index (χ1n) is 5.68. The molecule has 2 rings (SSSR count). The number of rotatable bonds is 4. The molecule has 5 nitrogen and oxygen atoms in total. The molecule has 0 fully saturated rings. The molecule has 2 N–H and O–H groups in total. The second kappa shape index (κ2) is 5.71. The number of nitrogens with two attached hydrogens (primary N) is 1. The number of ether oxygens (including phenoxy) is 1. The van der Waals surface area contributed by atoms with Crippen LogP contribution in [0.25, 0.3) is 0 Å². The summed E-state index contributed by atoms with van der Waals surface area (Å²) in [5, 5.41) is 1.92. The van der Waals surface area contributed by atoms with Gasteiger partial charge < -0.3 is 15.4 Å². The number of benzene rings is 1. The molecule has 1 aromatic carbocycles. The fraction of sp³-hybridized carbons (Fsp3) is 0.231. The first kappa shape index (κ1) is 13.4. The monoisotopic (exact) mass is 277 g/mol. The predicted molar refractivity (Wildman–Crippen MR) is 75.3 cm³/mol. The first-order valence-corrected chi connectivity index (χ1v) is 6.62. The minimum absolute atomic E-state index is 0.149. The van der Waals surface area contributed by atoms with E-state index in [0.717, 1.165) is 5.69 Å². The van der Waals surface area contributed by atoms with Crippen LogP contribution in [0.4, 0.5) is 5.69 Å². The number of carbonyl (C=O) groups excluding carboxylic acids is 1. The van der Waals surface area contributed by atoms with Gasteiger partial charge in [0.15, 0.2) is 0 Å². The van der Waals surface area contributed by atoms with Crippen LogP contribution in [0.1, 0.15) is 16.1 Å². The number of amides is 1. The van der Waals surface area contributed by atoms with Crippen molar-refractivity contribution in [2.24, 2.45) is 0 Å². The Kier molecular flexibility index (Phi) is 4.01. The molecule has 1 aromatic heterocycles. The highest BCUT2D eigenvalue weighted by atomic mass is 32.1. The average molecular weight is 277 g/mol. The van der Waals surface area contributed by atoms with Gasteiger partial charge in [0.05, 0.1) is 36.1 Å². The molecule has 0 aliphatic heterocycles. The molecule has 0 spiro atoms. The van der Waals surface area contributed by atoms with Crippen molar-refractivity contribution in [1.82, 2.24) is 9.88 Å². The molecule has 0 unspecified atom stereocenters. The molecule has 6 heteroatoms. The van der Waals surface area contributed by atoms with E-state index in [1.165, 1.54) is 18.4 Å². The number of para-hydroxylation sites is 1. The molecule has 0 bridgehead atoms. The van der Waals surface area contributed by atoms with Crippen LogP contribution >= 0.6 is 11.3 Å². The number of hydrogen-bond acceptors (Lipinski definition) is 5. The fourth-order valence-corrected chi connectivity index (χ4v) is 2.29. The third-order valence-corrected chi connectivity index (χ3v) is 3.38. The molecule has 19 heavy (non-hydrogen) atoms. The summed E-state index contributed by atoms with van der Waals surface area (Å²) in [6.07, 6.45) is 0. The summed E-state index contributed by atoms with van der Waals surface area (Å²) in [4.78, 5) is 18.1. The molecule has 0 saturated heterocycles. The molecule has 1 amide bonds. The van der Waals surface area contributed by atoms with Crippen LogP contribution in [0.5, 0.6) is 5.75 Å². The lowest BCUT2D eigenvalue weighted by molar-refractivity contribution is 0.0784. The van der Waals surface area contributed by atoms with Crippen LogP contribution in [0.3, 0.4) is 0 Å². The zero-order valence-corrected chi connectivity index (χ0v) is 11.6. The lowest BCUT2D eigenvalue weighted by Gasteiger charge is -2.18. The maximum atomic E-state index is 12.3. The summed E-state index contributed by atoms with van der Waals surface area (Å²) in [6.45, 7) is 0.457. The molecule has 2 aromatic rings. The number of nitrogen functional groups attached to an aromatic ring is 1. The normalized spacial score (nSPS) is 10.2. The van der Waals surface area contributed by atoms with Gasteiger partial charge in [-0.3, -0.25) is 4.79 Å². The van der Waals surface area contributed by atoms with E-state index < -0.39 is 0 Å². The topological polar surface area (TPSA) is 68.5 Å². The zero-order chi connectivity index (χ0) is 13.8. The Balaban J connectivity index is 2.19. The Morgan fingerprint density at radius 1 is 1.53 bits per heavy atom. The van der Waals surface area contributed by atoms with Crippen LogP contribution in [-0.4, -0.2) is 29.9 Å². The van der Waals surface area contributed by atoms with E-state index in [1.54, 1.807) is 35.7 Å². The summed E-state index contributed by atoms with van der Waals surface area (Å²) in [7, 11) is 3.25. The van der Waals surface area contributed by atoms with E-state index in [0.29, 0.717) is 23.5 Å². The number of anilines is 1. The summed E-state index contributed by atoms with van der Waals surface area (Å²) in [5.74, 6) is 0.359. The van der Waals surface area contributed by atoms with Crippen LogP contribution in [0.15, 0.2) is 29.1 Å². The maximum absolute atomic E-state index is 12.3. The molecule has 0 radical (unpaired) electrons. The maximum Gasteiger partial charge on any atom is 0.256 e. The highest BCUT2D eigenvalue weighted by Gasteiger charge is 2.17. The van der Waals surface area contributed by atoms with E-state index in [-0.39, 0.29) is 5.91 Å². The van der Waals surface area contributed by atoms with Gasteiger partial charge in [-0.1, -0.05) is 6.07 Å². The van der Waals surface area contributed by atoms with Crippen LogP contribution in [-0.2, 0) is 6.54 Å². The van der Waals surface area contributed by atoms with Crippen LogP contribution in [0.2, 0.25) is 0 Å². The number of aromatic nitrogens is 1. The summed E-state index contributed by atoms with van der Waals surface area (Å²) in [5.41, 5.74) is 9.33. The van der Waals surface area contributed by atoms with Crippen molar-refractivity contribution in [2.45, 2.75) is 6.54 Å². The number of nitrogens with zero attached hydrogens (tertiary/aromatic N) is 2. The minimum Gasteiger partial charge on any atom is -0.495 e. The lowest BCUT2D eigenvalue weighted by Crippen LogP contribution is -2.27. The van der Waals surface area contributed by atoms with E-state index in [4.69, 9.17) is 10.5 Å². The van der Waals surface area contributed by atoms with Crippen molar-refractivity contribution < 1.29 is 9.53 Å². The van der Waals surface area contributed by atoms with E-state index in [2.05, 4.69) is 4.98 Å². The van der Waals surface area contributed by atoms with Crippen molar-refractivity contribution in [2.75, 3.05) is 19.9 Å². The largest absolute Gasteiger partial charge is 0.495 e. The summed E-state index contributed by atoms with van der Waals surface area (Å²) < 4.78 is 5.11. The number of thiazole rings is 1. The van der Waals surface area contributed by atoms with Gasteiger partial charge in [0.25, 0.3) is 5.91 Å². The highest BCUT2D eigenvalue weighted by molar-refractivity contribution is 7.07. The SMILES string of the molecule is COc1cccc(C(=O)N(C)Cc2cscn2)c1N. The molecule has 1 heterocycles. The average Bonchev–Trinajstić information content (AvgIpc) is 2.91. The van der Waals surface area contributed by atoms with Crippen molar-refractivity contribution in [3.8, 4) is 5.75 Å². The number of hydrogen-bond donors (Lipinski definition) is 1. The predicted octanol–water partition coefficient (Wildman–Crippen LogP) is 2.01. The standard InChI is InChI=1S/C13H15N3O2S/c1-16(6-9-7-19-8-15-9)13(17)10-4-3-5-11(18-2)12(10)14/h3-5,7-8H,6,14H2,1-2H3. The number of carbonyl (C=O) groups is 1. The molecule has 0 atom stereocenters. The van der Waals surface area contributed by atoms with E-state index in [1.807, 2.05) is 5.38 Å². The number of methoxy groups -OCH3 is 1. The molecular weight excluding hydrogens is 262 g/mol. The fourth-order valence-electron chi connectivity index (χ4n) is 1.74. The lowest BCUT2D eigenvalue weighted by atomic mass is 10.1. The van der Waals surface area contributed by atoms with Crippen LogP contribution in [0, 0.1) is 0 Å². The van der Waals surface area contributed by atoms with Crippen molar-refractivity contribution >= 4 is 22.9 Å². The van der Waals surface area contributed by atoms with E-state index >= 15 is 0 Å². The van der Waals surface area contributed by atoms with Crippen molar-refractivity contribution in [3.63, 3.8) is 0 Å². The smallest absolute Gasteiger partial charge is 0.256 e. The second-order valence-corrected chi connectivity index (χ2v) is 4.78. The third-order valence-electron chi connectivity index (χ3n) is 2.75. The van der Waals surface area contributed by atoms with Crippen molar-refractivity contribution in [3.05, 3.63) is 40.3 Å². The van der Waals surface area contributed by atoms with Gasteiger partial charge >= 0.3 is 0 Å². The Bertz CT molecular complexity index is 569. The van der Waals surface area contributed by atoms with Gasteiger partial charge in [0, 0.05) is 12.4 Å². The molecule has 0 saturated carbocycles. The Labute approximate surface area is 115 Å². The van der Waals surface area contributed by atoms with Gasteiger partial charge in [-0.25, -0.2) is 4.98 Å². The Morgan fingerprint density at radius 3 is 2.95 bits per heavy atom. The van der Waals surface area contributed by atoms with E-state index in [9.17, 15) is 4.79 Å². The van der Waals surface area contributed by atoms with Gasteiger partial charge in [-0.05, 0) is 12.1 Å². The molecule has 100 valence electrons. The zero-order valence-electron chi connectivity index (χ0n) is 10.8. The molecule has 0 aliphatic rings. The summed E-state index contributed by atoms with van der Waals surface area (Å²) in [6, 6.07) is 5.17. The van der Waals surface area contributed by atoms with Crippen molar-refractivity contribution in [1.29, 1.82) is 0 Å². The Morgan fingerprint density at radius 2 is 2.32 bits per heavy atom. The second-order valence-electron chi connectivity index (χ2n) is 4.06. The first-order chi connectivity index (χ1) is 9.13. The van der Waals surface area contributed by atoms with Gasteiger partial charge in [0.2, 0.25) is 0 Å². The van der Waals surface area contributed by atoms with Gasteiger partial charge in [0.1, 0.15) is 5.75 Å². The van der Waals surface area contributed by atoms with Crippen LogP contribution < -0.4 is 10.5 Å². The third kappa shape index (κ3) is 2.85. The quantitative estimate of drug-likeness (QED) is 0.868. The minimum atomic E-state index is -0.149. The van der Waals surface area contributed by atoms with Gasteiger partial charge in [-0.2, -0.15) is 0 Å². The van der Waals surface area contributed by atoms with Gasteiger partial charge in [-0.15, -0.1) is 11.3 Å².